The van der Waals surface area contributed by atoms with Crippen LogP contribution in [0.15, 0.2) is 0 Å². The molecule has 3 nitrogen and oxygen atoms in total. The highest BCUT2D eigenvalue weighted by Crippen LogP contribution is 2.03. The summed E-state index contributed by atoms with van der Waals surface area (Å²) in [4.78, 5) is 0. The van der Waals surface area contributed by atoms with Gasteiger partial charge in [-0.15, -0.1) is 0 Å². The molecule has 0 saturated carbocycles. The van der Waals surface area contributed by atoms with Gasteiger partial charge >= 0.3 is 0 Å². The predicted molar refractivity (Wildman–Crippen MR) is 36.1 cm³/mol. The molecule has 0 bridgehead atoms. The van der Waals surface area contributed by atoms with Crippen LogP contribution in [-0.2, 0) is 9.84 Å². The molecular formula is C5H11NO2S. The Labute approximate surface area is 55.4 Å². The van der Waals surface area contributed by atoms with Crippen LogP contribution in [0.1, 0.15) is 6.42 Å². The van der Waals surface area contributed by atoms with Gasteiger partial charge in [-0.1, -0.05) is 0 Å². The second kappa shape index (κ2) is 2.27. The van der Waals surface area contributed by atoms with Crippen molar-refractivity contribution < 1.29 is 8.42 Å². The van der Waals surface area contributed by atoms with E-state index in [0.29, 0.717) is 5.75 Å². The molecular weight excluding hydrogens is 138 g/mol. The van der Waals surface area contributed by atoms with Gasteiger partial charge in [0.05, 0.1) is 5.75 Å². The van der Waals surface area contributed by atoms with E-state index in [1.165, 1.54) is 6.26 Å². The Morgan fingerprint density at radius 1 is 1.67 bits per heavy atom. The second-order valence-corrected chi connectivity index (χ2v) is 4.72. The van der Waals surface area contributed by atoms with Gasteiger partial charge in [0.2, 0.25) is 0 Å². The Morgan fingerprint density at radius 2 is 2.22 bits per heavy atom. The molecule has 1 rings (SSSR count). The van der Waals surface area contributed by atoms with Crippen LogP contribution in [0, 0.1) is 0 Å². The van der Waals surface area contributed by atoms with Crippen molar-refractivity contribution in [2.45, 2.75) is 12.5 Å². The first-order valence-corrected chi connectivity index (χ1v) is 5.05. The average molecular weight is 149 g/mol. The molecule has 0 aromatic heterocycles. The molecule has 1 heterocycles. The molecule has 1 saturated heterocycles. The van der Waals surface area contributed by atoms with Gasteiger partial charge in [0.15, 0.2) is 0 Å². The zero-order valence-corrected chi connectivity index (χ0v) is 6.24. The van der Waals surface area contributed by atoms with E-state index in [0.717, 1.165) is 13.0 Å². The molecule has 1 aliphatic heterocycles. The highest BCUT2D eigenvalue weighted by Gasteiger charge is 2.20. The van der Waals surface area contributed by atoms with Crippen LogP contribution in [-0.4, -0.2) is 33.0 Å². The average Bonchev–Trinajstić information content (AvgIpc) is 1.53. The van der Waals surface area contributed by atoms with E-state index in [4.69, 9.17) is 0 Å². The van der Waals surface area contributed by atoms with E-state index >= 15 is 0 Å². The minimum atomic E-state index is -2.75. The lowest BCUT2D eigenvalue weighted by atomic mass is 10.1. The van der Waals surface area contributed by atoms with E-state index < -0.39 is 9.84 Å². The van der Waals surface area contributed by atoms with Gasteiger partial charge in [-0.3, -0.25) is 0 Å². The second-order valence-electron chi connectivity index (χ2n) is 2.53. The molecule has 9 heavy (non-hydrogen) atoms. The van der Waals surface area contributed by atoms with E-state index in [2.05, 4.69) is 5.32 Å². The zero-order valence-electron chi connectivity index (χ0n) is 5.42. The summed E-state index contributed by atoms with van der Waals surface area (Å²) in [6.07, 6.45) is 2.28. The van der Waals surface area contributed by atoms with Crippen molar-refractivity contribution in [2.24, 2.45) is 0 Å². The van der Waals surface area contributed by atoms with E-state index in [1.807, 2.05) is 0 Å². The number of rotatable bonds is 2. The quantitative estimate of drug-likeness (QED) is 0.570. The molecule has 0 aliphatic carbocycles. The zero-order chi connectivity index (χ0) is 6.91. The van der Waals surface area contributed by atoms with Crippen molar-refractivity contribution in [2.75, 3.05) is 18.6 Å². The molecule has 0 radical (unpaired) electrons. The van der Waals surface area contributed by atoms with Crippen LogP contribution in [0.3, 0.4) is 0 Å². The monoisotopic (exact) mass is 149 g/mol. The normalized spacial score (nSPS) is 27.4. The Morgan fingerprint density at radius 3 is 2.33 bits per heavy atom. The number of sulfone groups is 1. The predicted octanol–water partition coefficient (Wildman–Crippen LogP) is -0.607. The maximum Gasteiger partial charge on any atom is 0.148 e. The molecule has 0 spiro atoms. The fraction of sp³-hybridized carbons (Fsp3) is 1.00. The van der Waals surface area contributed by atoms with Crippen molar-refractivity contribution >= 4 is 9.84 Å². The molecule has 1 atom stereocenters. The number of hydrogen-bond donors (Lipinski definition) is 1. The lowest BCUT2D eigenvalue weighted by Crippen LogP contribution is -2.47. The Balaban J connectivity index is 2.33. The minimum absolute atomic E-state index is 0.236. The summed E-state index contributed by atoms with van der Waals surface area (Å²) in [5.41, 5.74) is 0. The summed E-state index contributed by atoms with van der Waals surface area (Å²) in [6, 6.07) is 0.236. The van der Waals surface area contributed by atoms with Crippen LogP contribution >= 0.6 is 0 Å². The molecule has 1 aliphatic rings. The summed E-state index contributed by atoms with van der Waals surface area (Å²) >= 11 is 0. The third-order valence-corrected chi connectivity index (χ3v) is 2.44. The summed E-state index contributed by atoms with van der Waals surface area (Å²) < 4.78 is 21.2. The molecule has 1 N–H and O–H groups in total. The van der Waals surface area contributed by atoms with Gasteiger partial charge in [-0.2, -0.15) is 0 Å². The van der Waals surface area contributed by atoms with Crippen LogP contribution < -0.4 is 5.32 Å². The van der Waals surface area contributed by atoms with Crippen LogP contribution in [0.4, 0.5) is 0 Å². The topological polar surface area (TPSA) is 46.2 Å². The van der Waals surface area contributed by atoms with Gasteiger partial charge in [0.1, 0.15) is 9.84 Å². The van der Waals surface area contributed by atoms with Crippen molar-refractivity contribution in [1.82, 2.24) is 5.32 Å². The van der Waals surface area contributed by atoms with Crippen molar-refractivity contribution in [1.29, 1.82) is 0 Å². The van der Waals surface area contributed by atoms with Crippen LogP contribution in [0.2, 0.25) is 0 Å². The van der Waals surface area contributed by atoms with Crippen molar-refractivity contribution in [3.05, 3.63) is 0 Å². The fourth-order valence-corrected chi connectivity index (χ4v) is 1.87. The first-order valence-electron chi connectivity index (χ1n) is 2.99. The largest absolute Gasteiger partial charge is 0.313 e. The highest BCUT2D eigenvalue weighted by atomic mass is 32.2. The lowest BCUT2D eigenvalue weighted by molar-refractivity contribution is 0.399. The Hall–Kier alpha value is -0.0900. The summed E-state index contributed by atoms with van der Waals surface area (Å²) in [6.45, 7) is 0.972. The van der Waals surface area contributed by atoms with E-state index in [9.17, 15) is 8.42 Å². The van der Waals surface area contributed by atoms with Gasteiger partial charge in [-0.05, 0) is 13.0 Å². The number of nitrogens with one attached hydrogen (secondary N) is 1. The fourth-order valence-electron chi connectivity index (χ4n) is 0.856. The first-order chi connectivity index (χ1) is 4.08. The molecule has 4 heteroatoms. The van der Waals surface area contributed by atoms with Crippen molar-refractivity contribution in [3.63, 3.8) is 0 Å². The Kier molecular flexibility index (Phi) is 1.77. The smallest absolute Gasteiger partial charge is 0.148 e. The molecule has 1 fully saturated rings. The maximum atomic E-state index is 10.6. The standard InChI is InChI=1S/C5H11NO2S/c1-9(7,8)4-5-2-3-6-5/h5-6H,2-4H2,1H3. The molecule has 0 aromatic carbocycles. The van der Waals surface area contributed by atoms with Gasteiger partial charge in [0.25, 0.3) is 0 Å². The lowest BCUT2D eigenvalue weighted by Gasteiger charge is -2.26. The first kappa shape index (κ1) is 7.02. The van der Waals surface area contributed by atoms with E-state index in [-0.39, 0.29) is 6.04 Å². The van der Waals surface area contributed by atoms with Gasteiger partial charge in [-0.25, -0.2) is 8.42 Å². The van der Waals surface area contributed by atoms with Gasteiger partial charge in [0, 0.05) is 12.3 Å². The van der Waals surface area contributed by atoms with Gasteiger partial charge < -0.3 is 5.32 Å². The van der Waals surface area contributed by atoms with E-state index in [1.54, 1.807) is 0 Å². The highest BCUT2D eigenvalue weighted by molar-refractivity contribution is 7.90. The Bertz CT molecular complexity index is 181. The minimum Gasteiger partial charge on any atom is -0.313 e. The number of hydrogen-bond acceptors (Lipinski definition) is 3. The molecule has 0 amide bonds. The van der Waals surface area contributed by atoms with Crippen LogP contribution in [0.25, 0.3) is 0 Å². The third kappa shape index (κ3) is 2.32. The summed E-state index contributed by atoms with van der Waals surface area (Å²) in [7, 11) is -2.75. The SMILES string of the molecule is CS(=O)(=O)CC1CCN1. The molecule has 54 valence electrons. The third-order valence-electron chi connectivity index (χ3n) is 1.43. The molecule has 1 unspecified atom stereocenters. The van der Waals surface area contributed by atoms with Crippen molar-refractivity contribution in [3.8, 4) is 0 Å². The van der Waals surface area contributed by atoms with Crippen LogP contribution in [0.5, 0.6) is 0 Å². The molecule has 0 aromatic rings. The summed E-state index contributed by atoms with van der Waals surface area (Å²) in [5, 5.41) is 3.02. The summed E-state index contributed by atoms with van der Waals surface area (Å²) in [5.74, 6) is 0.299. The maximum absolute atomic E-state index is 10.6.